The Balaban J connectivity index is 1.48. The third-order valence-corrected chi connectivity index (χ3v) is 6.91. The lowest BCUT2D eigenvalue weighted by Gasteiger charge is -2.21. The quantitative estimate of drug-likeness (QED) is 0.253. The Kier molecular flexibility index (Phi) is 5.54. The minimum atomic E-state index is -4.79. The van der Waals surface area contributed by atoms with Crippen LogP contribution in [0.3, 0.4) is 0 Å². The number of nitrogens with two attached hydrogens (primary N) is 1. The number of nitrogen functional groups attached to an aromatic ring is 1. The largest absolute Gasteiger partial charge is 0.434 e. The molecule has 1 atom stereocenters. The van der Waals surface area contributed by atoms with E-state index in [-0.39, 0.29) is 51.7 Å². The summed E-state index contributed by atoms with van der Waals surface area (Å²) in [7, 11) is 0. The van der Waals surface area contributed by atoms with Gasteiger partial charge in [-0.25, -0.2) is 28.7 Å². The van der Waals surface area contributed by atoms with Gasteiger partial charge in [-0.15, -0.1) is 0 Å². The van der Waals surface area contributed by atoms with Crippen molar-refractivity contribution in [3.05, 3.63) is 64.7 Å². The summed E-state index contributed by atoms with van der Waals surface area (Å²) in [4.78, 5) is 42.3. The van der Waals surface area contributed by atoms with Gasteiger partial charge in [-0.05, 0) is 31.4 Å². The first kappa shape index (κ1) is 25.6. The number of rotatable bonds is 5. The fraction of sp³-hybridized carbons (Fsp3) is 0.280. The molecular formula is C25H19F5N8O2. The first-order chi connectivity index (χ1) is 18.9. The molecule has 10 nitrogen and oxygen atoms in total. The molecule has 1 aliphatic heterocycles. The van der Waals surface area contributed by atoms with E-state index in [2.05, 4.69) is 30.6 Å². The minimum absolute atomic E-state index is 0.0309. The summed E-state index contributed by atoms with van der Waals surface area (Å²) in [6.07, 6.45) is -1.74. The third-order valence-electron chi connectivity index (χ3n) is 6.91. The molecule has 1 saturated carbocycles. The van der Waals surface area contributed by atoms with E-state index in [4.69, 9.17) is 5.73 Å². The number of anilines is 2. The topological polar surface area (TPSA) is 140 Å². The Morgan fingerprint density at radius 1 is 1.18 bits per heavy atom. The Morgan fingerprint density at radius 2 is 1.93 bits per heavy atom. The predicted octanol–water partition coefficient (Wildman–Crippen LogP) is 3.14. The molecule has 0 bridgehead atoms. The maximum atomic E-state index is 14.4. The van der Waals surface area contributed by atoms with Crippen LogP contribution in [-0.2, 0) is 27.6 Å². The number of imidazole rings is 1. The van der Waals surface area contributed by atoms with Crippen molar-refractivity contribution in [2.75, 3.05) is 11.1 Å². The number of nitrogens with one attached hydrogen (secondary N) is 2. The molecule has 3 aromatic heterocycles. The highest BCUT2D eigenvalue weighted by Gasteiger charge is 2.53. The van der Waals surface area contributed by atoms with Gasteiger partial charge in [0.25, 0.3) is 0 Å². The van der Waals surface area contributed by atoms with Crippen LogP contribution in [-0.4, -0.2) is 42.2 Å². The molecule has 4 heterocycles. The van der Waals surface area contributed by atoms with Gasteiger partial charge in [0.1, 0.15) is 17.3 Å². The summed E-state index contributed by atoms with van der Waals surface area (Å²) >= 11 is 0. The number of alkyl halides is 3. The number of amides is 2. The van der Waals surface area contributed by atoms with Crippen molar-refractivity contribution in [2.45, 2.75) is 43.8 Å². The lowest BCUT2D eigenvalue weighted by Crippen LogP contribution is -2.48. The Labute approximate surface area is 221 Å². The van der Waals surface area contributed by atoms with Crippen molar-refractivity contribution in [3.63, 3.8) is 0 Å². The standard InChI is InChI=1S/C25H19F5N8O2/c1-24(22(39)32-11-5-6-11)16-18(31)35-19(36-20(16)37-23(24)40)14-8-38-9-15(25(28,29)30)34-21(38)13(33-14)7-10-3-2-4-12(26)17(10)27/h2-4,8-9,11H,5-7H2,1H3,(H,32,39)(H3,31,35,36,37,40). The Bertz CT molecular complexity index is 1730. The molecule has 1 aliphatic carbocycles. The van der Waals surface area contributed by atoms with E-state index in [1.165, 1.54) is 25.3 Å². The Morgan fingerprint density at radius 3 is 2.62 bits per heavy atom. The molecular weight excluding hydrogens is 539 g/mol. The molecule has 2 aliphatic rings. The van der Waals surface area contributed by atoms with E-state index in [9.17, 15) is 31.5 Å². The van der Waals surface area contributed by atoms with Crippen LogP contribution in [0, 0.1) is 11.6 Å². The second kappa shape index (κ2) is 8.66. The zero-order chi connectivity index (χ0) is 28.6. The fourth-order valence-corrected chi connectivity index (χ4v) is 4.59. The normalized spacial score (nSPS) is 18.6. The zero-order valence-electron chi connectivity index (χ0n) is 20.6. The molecule has 6 rings (SSSR count). The molecule has 15 heteroatoms. The number of carbonyl (C=O) groups excluding carboxylic acids is 2. The molecule has 1 fully saturated rings. The number of carbonyl (C=O) groups is 2. The van der Waals surface area contributed by atoms with Crippen LogP contribution in [0.2, 0.25) is 0 Å². The minimum Gasteiger partial charge on any atom is -0.383 e. The summed E-state index contributed by atoms with van der Waals surface area (Å²) < 4.78 is 69.7. The van der Waals surface area contributed by atoms with Gasteiger partial charge in [0.15, 0.2) is 34.2 Å². The summed E-state index contributed by atoms with van der Waals surface area (Å²) in [5.74, 6) is -4.01. The number of hydrogen-bond donors (Lipinski definition) is 3. The van der Waals surface area contributed by atoms with Gasteiger partial charge >= 0.3 is 6.18 Å². The average molecular weight is 558 g/mol. The molecule has 40 heavy (non-hydrogen) atoms. The van der Waals surface area contributed by atoms with Gasteiger partial charge in [-0.2, -0.15) is 13.2 Å². The van der Waals surface area contributed by atoms with Gasteiger partial charge in [0, 0.05) is 24.9 Å². The zero-order valence-corrected chi connectivity index (χ0v) is 20.6. The molecule has 2 amide bonds. The van der Waals surface area contributed by atoms with Crippen LogP contribution in [0.1, 0.15) is 42.3 Å². The monoisotopic (exact) mass is 558 g/mol. The van der Waals surface area contributed by atoms with Crippen LogP contribution in [0.5, 0.6) is 0 Å². The highest BCUT2D eigenvalue weighted by molar-refractivity contribution is 6.21. The number of fused-ring (bicyclic) bond motifs is 2. The molecule has 206 valence electrons. The lowest BCUT2D eigenvalue weighted by atomic mass is 9.83. The van der Waals surface area contributed by atoms with Crippen LogP contribution in [0.4, 0.5) is 33.6 Å². The van der Waals surface area contributed by atoms with Crippen molar-refractivity contribution < 1.29 is 31.5 Å². The number of benzene rings is 1. The van der Waals surface area contributed by atoms with Gasteiger partial charge in [0.2, 0.25) is 11.8 Å². The first-order valence-corrected chi connectivity index (χ1v) is 12.1. The summed E-state index contributed by atoms with van der Waals surface area (Å²) in [5.41, 5.74) is 2.69. The van der Waals surface area contributed by atoms with Gasteiger partial charge in [-0.3, -0.25) is 9.59 Å². The van der Waals surface area contributed by atoms with E-state index in [1.54, 1.807) is 0 Å². The SMILES string of the molecule is CC1(C(=O)NC2CC2)C(=O)Nc2nc(-c3cn4cc(C(F)(F)F)nc4c(Cc4cccc(F)c4F)n3)nc(N)c21. The number of hydrogen-bond acceptors (Lipinski definition) is 7. The van der Waals surface area contributed by atoms with E-state index in [0.717, 1.165) is 23.3 Å². The van der Waals surface area contributed by atoms with Crippen LogP contribution in [0.25, 0.3) is 17.2 Å². The second-order valence-electron chi connectivity index (χ2n) is 9.80. The maximum Gasteiger partial charge on any atom is 0.434 e. The predicted molar refractivity (Wildman–Crippen MR) is 130 cm³/mol. The third kappa shape index (κ3) is 4.08. The van der Waals surface area contributed by atoms with Crippen molar-refractivity contribution in [1.29, 1.82) is 0 Å². The lowest BCUT2D eigenvalue weighted by molar-refractivity contribution is -0.141. The average Bonchev–Trinajstić information content (AvgIpc) is 3.50. The molecule has 0 spiro atoms. The molecule has 0 radical (unpaired) electrons. The summed E-state index contributed by atoms with van der Waals surface area (Å²) in [6.45, 7) is 1.39. The van der Waals surface area contributed by atoms with Crippen LogP contribution < -0.4 is 16.4 Å². The Hall–Kier alpha value is -4.69. The van der Waals surface area contributed by atoms with Gasteiger partial charge in [0.05, 0.1) is 11.3 Å². The molecule has 4 aromatic rings. The van der Waals surface area contributed by atoms with Crippen LogP contribution >= 0.6 is 0 Å². The van der Waals surface area contributed by atoms with Crippen molar-refractivity contribution in [3.8, 4) is 11.5 Å². The van der Waals surface area contributed by atoms with E-state index >= 15 is 0 Å². The smallest absolute Gasteiger partial charge is 0.383 e. The molecule has 4 N–H and O–H groups in total. The van der Waals surface area contributed by atoms with Crippen LogP contribution in [0.15, 0.2) is 30.6 Å². The van der Waals surface area contributed by atoms with Crippen molar-refractivity contribution in [2.24, 2.45) is 0 Å². The first-order valence-electron chi connectivity index (χ1n) is 12.1. The van der Waals surface area contributed by atoms with E-state index in [1.807, 2.05) is 0 Å². The van der Waals surface area contributed by atoms with E-state index < -0.39 is 47.2 Å². The van der Waals surface area contributed by atoms with Gasteiger partial charge < -0.3 is 20.8 Å². The molecule has 1 unspecified atom stereocenters. The van der Waals surface area contributed by atoms with Gasteiger partial charge in [-0.1, -0.05) is 12.1 Å². The highest BCUT2D eigenvalue weighted by Crippen LogP contribution is 2.41. The number of nitrogens with zero attached hydrogens (tertiary/aromatic N) is 5. The van der Waals surface area contributed by atoms with Crippen molar-refractivity contribution >= 4 is 29.1 Å². The second-order valence-corrected chi connectivity index (χ2v) is 9.80. The van der Waals surface area contributed by atoms with Crippen molar-refractivity contribution in [1.82, 2.24) is 29.7 Å². The number of aromatic nitrogens is 5. The highest BCUT2D eigenvalue weighted by atomic mass is 19.4. The summed E-state index contributed by atoms with van der Waals surface area (Å²) in [5, 5.41) is 5.30. The van der Waals surface area contributed by atoms with E-state index in [0.29, 0.717) is 6.20 Å². The number of halogens is 5. The molecule has 0 saturated heterocycles. The molecule has 1 aromatic carbocycles. The fourth-order valence-electron chi connectivity index (χ4n) is 4.59. The summed E-state index contributed by atoms with van der Waals surface area (Å²) in [6, 6.07) is 3.40. The maximum absolute atomic E-state index is 14.4.